The number of nitriles is 1. The predicted molar refractivity (Wildman–Crippen MR) is 104 cm³/mol. The Labute approximate surface area is 161 Å². The quantitative estimate of drug-likeness (QED) is 0.819. The minimum absolute atomic E-state index is 0.0355. The average molecular weight is 372 g/mol. The number of rotatable bonds is 3. The fraction of sp³-hybridized carbons (Fsp3) is 0.619. The molecule has 146 valence electrons. The summed E-state index contributed by atoms with van der Waals surface area (Å²) in [7, 11) is 0. The van der Waals surface area contributed by atoms with Gasteiger partial charge >= 0.3 is 0 Å². The highest BCUT2D eigenvalue weighted by Gasteiger charge is 2.30. The second kappa shape index (κ2) is 8.71. The third-order valence-electron chi connectivity index (χ3n) is 5.83. The summed E-state index contributed by atoms with van der Waals surface area (Å²) < 4.78 is 14.2. The molecular weight excluding hydrogens is 343 g/mol. The predicted octanol–water partition coefficient (Wildman–Crippen LogP) is 2.86. The lowest BCUT2D eigenvalue weighted by molar-refractivity contribution is -0.136. The van der Waals surface area contributed by atoms with E-state index in [-0.39, 0.29) is 17.6 Å². The zero-order chi connectivity index (χ0) is 19.4. The molecule has 1 amide bonds. The molecule has 1 aromatic rings. The maximum Gasteiger partial charge on any atom is 0.225 e. The van der Waals surface area contributed by atoms with Crippen molar-refractivity contribution in [2.75, 3.05) is 44.2 Å². The first-order chi connectivity index (χ1) is 13.0. The molecule has 0 bridgehead atoms. The first kappa shape index (κ1) is 19.6. The van der Waals surface area contributed by atoms with Crippen LogP contribution in [0.2, 0.25) is 0 Å². The molecule has 2 aliphatic heterocycles. The van der Waals surface area contributed by atoms with Gasteiger partial charge in [-0.05, 0) is 51.3 Å². The third kappa shape index (κ3) is 4.59. The Balaban J connectivity index is 1.56. The van der Waals surface area contributed by atoms with Crippen molar-refractivity contribution in [2.45, 2.75) is 39.2 Å². The minimum atomic E-state index is -0.361. The highest BCUT2D eigenvalue weighted by Crippen LogP contribution is 2.27. The SMILES string of the molecule is CC(C)N1CCCN(C(=O)C2CCN(c3ccc(C#N)cc3F)CC2)CC1. The molecule has 0 atom stereocenters. The highest BCUT2D eigenvalue weighted by atomic mass is 19.1. The minimum Gasteiger partial charge on any atom is -0.369 e. The van der Waals surface area contributed by atoms with Gasteiger partial charge in [0, 0.05) is 51.2 Å². The van der Waals surface area contributed by atoms with Gasteiger partial charge in [0.1, 0.15) is 5.82 Å². The van der Waals surface area contributed by atoms with Crippen LogP contribution in [0.3, 0.4) is 0 Å². The molecule has 2 saturated heterocycles. The van der Waals surface area contributed by atoms with E-state index in [1.165, 1.54) is 6.07 Å². The van der Waals surface area contributed by atoms with Crippen LogP contribution in [0.5, 0.6) is 0 Å². The number of carbonyl (C=O) groups excluding carboxylic acids is 1. The maximum atomic E-state index is 14.2. The number of hydrogen-bond acceptors (Lipinski definition) is 4. The van der Waals surface area contributed by atoms with Crippen molar-refractivity contribution in [1.29, 1.82) is 5.26 Å². The van der Waals surface area contributed by atoms with Crippen LogP contribution in [-0.4, -0.2) is 61.0 Å². The summed E-state index contributed by atoms with van der Waals surface area (Å²) in [6.45, 7) is 9.39. The van der Waals surface area contributed by atoms with Gasteiger partial charge in [0.2, 0.25) is 5.91 Å². The van der Waals surface area contributed by atoms with Gasteiger partial charge in [-0.3, -0.25) is 9.69 Å². The van der Waals surface area contributed by atoms with E-state index >= 15 is 0 Å². The summed E-state index contributed by atoms with van der Waals surface area (Å²) in [6, 6.07) is 7.08. The van der Waals surface area contributed by atoms with Gasteiger partial charge < -0.3 is 9.80 Å². The lowest BCUT2D eigenvalue weighted by Gasteiger charge is -2.35. The standard InChI is InChI=1S/C21H29FN4O/c1-16(2)24-8-3-9-26(13-12-24)21(27)18-6-10-25(11-7-18)20-5-4-17(15-23)14-19(20)22/h4-5,14,16,18H,3,6-13H2,1-2H3. The van der Waals surface area contributed by atoms with Gasteiger partial charge in [-0.25, -0.2) is 4.39 Å². The van der Waals surface area contributed by atoms with Crippen LogP contribution in [0.25, 0.3) is 0 Å². The Morgan fingerprint density at radius 2 is 1.89 bits per heavy atom. The Kier molecular flexibility index (Phi) is 6.33. The van der Waals surface area contributed by atoms with E-state index in [0.717, 1.165) is 45.4 Å². The molecule has 2 aliphatic rings. The molecule has 0 spiro atoms. The molecule has 0 aliphatic carbocycles. The van der Waals surface area contributed by atoms with E-state index < -0.39 is 0 Å². The van der Waals surface area contributed by atoms with E-state index in [4.69, 9.17) is 5.26 Å². The summed E-state index contributed by atoms with van der Waals surface area (Å²) in [5.74, 6) is -0.0611. The van der Waals surface area contributed by atoms with Crippen molar-refractivity contribution in [3.8, 4) is 6.07 Å². The number of piperidine rings is 1. The van der Waals surface area contributed by atoms with Gasteiger partial charge in [0.15, 0.2) is 0 Å². The number of hydrogen-bond donors (Lipinski definition) is 0. The molecule has 3 rings (SSSR count). The number of halogens is 1. The third-order valence-corrected chi connectivity index (χ3v) is 5.83. The van der Waals surface area contributed by atoms with Gasteiger partial charge in [-0.2, -0.15) is 5.26 Å². The van der Waals surface area contributed by atoms with Gasteiger partial charge in [-0.15, -0.1) is 0 Å². The summed E-state index contributed by atoms with van der Waals surface area (Å²) in [4.78, 5) is 19.4. The fourth-order valence-electron chi connectivity index (χ4n) is 4.13. The topological polar surface area (TPSA) is 50.6 Å². The lowest BCUT2D eigenvalue weighted by Crippen LogP contribution is -2.44. The van der Waals surface area contributed by atoms with Crippen molar-refractivity contribution in [1.82, 2.24) is 9.80 Å². The van der Waals surface area contributed by atoms with E-state index in [0.29, 0.717) is 30.4 Å². The molecule has 2 fully saturated rings. The van der Waals surface area contributed by atoms with Crippen LogP contribution in [0, 0.1) is 23.1 Å². The zero-order valence-electron chi connectivity index (χ0n) is 16.3. The van der Waals surface area contributed by atoms with Crippen molar-refractivity contribution in [2.24, 2.45) is 5.92 Å². The van der Waals surface area contributed by atoms with E-state index in [2.05, 4.69) is 18.7 Å². The van der Waals surface area contributed by atoms with Crippen molar-refractivity contribution in [3.05, 3.63) is 29.6 Å². The first-order valence-electron chi connectivity index (χ1n) is 9.97. The van der Waals surface area contributed by atoms with Crippen LogP contribution in [0.1, 0.15) is 38.7 Å². The average Bonchev–Trinajstić information content (AvgIpc) is 2.94. The maximum absolute atomic E-state index is 14.2. The van der Waals surface area contributed by atoms with Crippen LogP contribution in [0.4, 0.5) is 10.1 Å². The van der Waals surface area contributed by atoms with Crippen molar-refractivity contribution < 1.29 is 9.18 Å². The lowest BCUT2D eigenvalue weighted by atomic mass is 9.94. The van der Waals surface area contributed by atoms with E-state index in [1.807, 2.05) is 15.9 Å². The Hall–Kier alpha value is -2.13. The number of nitrogens with zero attached hydrogens (tertiary/aromatic N) is 4. The molecule has 1 aromatic carbocycles. The van der Waals surface area contributed by atoms with Crippen LogP contribution in [-0.2, 0) is 4.79 Å². The Morgan fingerprint density at radius 3 is 2.52 bits per heavy atom. The van der Waals surface area contributed by atoms with Gasteiger partial charge in [-0.1, -0.05) is 0 Å². The smallest absolute Gasteiger partial charge is 0.225 e. The molecule has 5 nitrogen and oxygen atoms in total. The zero-order valence-corrected chi connectivity index (χ0v) is 16.3. The molecular formula is C21H29FN4O. The van der Waals surface area contributed by atoms with Crippen LogP contribution < -0.4 is 4.90 Å². The molecule has 0 aromatic heterocycles. The van der Waals surface area contributed by atoms with Gasteiger partial charge in [0.05, 0.1) is 17.3 Å². The summed E-state index contributed by atoms with van der Waals surface area (Å²) >= 11 is 0. The second-order valence-corrected chi connectivity index (χ2v) is 7.85. The largest absolute Gasteiger partial charge is 0.369 e. The van der Waals surface area contributed by atoms with Crippen molar-refractivity contribution in [3.63, 3.8) is 0 Å². The Morgan fingerprint density at radius 1 is 1.15 bits per heavy atom. The molecule has 2 heterocycles. The van der Waals surface area contributed by atoms with Crippen LogP contribution >= 0.6 is 0 Å². The summed E-state index contributed by atoms with van der Waals surface area (Å²) in [5.41, 5.74) is 0.861. The van der Waals surface area contributed by atoms with Crippen molar-refractivity contribution >= 4 is 11.6 Å². The van der Waals surface area contributed by atoms with E-state index in [1.54, 1.807) is 12.1 Å². The summed E-state index contributed by atoms with van der Waals surface area (Å²) in [5, 5.41) is 8.87. The molecule has 6 heteroatoms. The van der Waals surface area contributed by atoms with Crippen LogP contribution in [0.15, 0.2) is 18.2 Å². The first-order valence-corrected chi connectivity index (χ1v) is 9.97. The molecule has 0 radical (unpaired) electrons. The van der Waals surface area contributed by atoms with E-state index in [9.17, 15) is 9.18 Å². The fourth-order valence-corrected chi connectivity index (χ4v) is 4.13. The molecule has 0 saturated carbocycles. The number of anilines is 1. The van der Waals surface area contributed by atoms with Gasteiger partial charge in [0.25, 0.3) is 0 Å². The number of carbonyl (C=O) groups is 1. The molecule has 0 unspecified atom stereocenters. The Bertz CT molecular complexity index is 707. The normalized spacial score (nSPS) is 19.8. The molecule has 0 N–H and O–H groups in total. The number of benzene rings is 1. The highest BCUT2D eigenvalue weighted by molar-refractivity contribution is 5.79. The monoisotopic (exact) mass is 372 g/mol. The number of amides is 1. The molecule has 27 heavy (non-hydrogen) atoms. The second-order valence-electron chi connectivity index (χ2n) is 7.85. The summed E-state index contributed by atoms with van der Waals surface area (Å²) in [6.07, 6.45) is 2.53.